The number of aromatic carboxylic acids is 1. The van der Waals surface area contributed by atoms with Gasteiger partial charge in [0.05, 0.1) is 11.4 Å². The summed E-state index contributed by atoms with van der Waals surface area (Å²) in [5.74, 6) is -2.46. The van der Waals surface area contributed by atoms with E-state index in [0.717, 1.165) is 12.1 Å². The van der Waals surface area contributed by atoms with Crippen LogP contribution in [0.2, 0.25) is 0 Å². The standard InChI is InChI=1S/C17H16N4O5/c1-9(22)18-11-3-5-12(6-4-11)20-21-15-7-13(17(25)26)16(24)8-14(15)19-10(2)23/h3-8,24H,1-2H3,(H,18,22)(H,19,23)(H,25,26). The van der Waals surface area contributed by atoms with Crippen molar-refractivity contribution in [2.45, 2.75) is 13.8 Å². The molecule has 0 bridgehead atoms. The number of hydrogen-bond donors (Lipinski definition) is 4. The lowest BCUT2D eigenvalue weighted by molar-refractivity contribution is -0.115. The highest BCUT2D eigenvalue weighted by Gasteiger charge is 2.15. The highest BCUT2D eigenvalue weighted by molar-refractivity contribution is 5.97. The maximum atomic E-state index is 11.3. The molecule has 2 rings (SSSR count). The number of aromatic hydroxyl groups is 1. The number of phenols is 1. The molecule has 9 heteroatoms. The normalized spacial score (nSPS) is 10.5. The Kier molecular flexibility index (Phi) is 5.63. The summed E-state index contributed by atoms with van der Waals surface area (Å²) >= 11 is 0. The Balaban J connectivity index is 2.35. The molecule has 2 aromatic rings. The van der Waals surface area contributed by atoms with Crippen molar-refractivity contribution in [2.24, 2.45) is 10.2 Å². The SMILES string of the molecule is CC(=O)Nc1ccc(N=Nc2cc(C(=O)O)c(O)cc2NC(C)=O)cc1. The second-order valence-corrected chi connectivity index (χ2v) is 5.30. The van der Waals surface area contributed by atoms with Crippen LogP contribution in [0, 0.1) is 0 Å². The zero-order chi connectivity index (χ0) is 19.3. The molecule has 0 aliphatic rings. The highest BCUT2D eigenvalue weighted by atomic mass is 16.4. The van der Waals surface area contributed by atoms with E-state index < -0.39 is 17.6 Å². The molecule has 0 saturated carbocycles. The lowest BCUT2D eigenvalue weighted by atomic mass is 10.1. The van der Waals surface area contributed by atoms with Crippen LogP contribution in [0.15, 0.2) is 46.6 Å². The topological polar surface area (TPSA) is 140 Å². The van der Waals surface area contributed by atoms with Gasteiger partial charge >= 0.3 is 5.97 Å². The van der Waals surface area contributed by atoms with Gasteiger partial charge < -0.3 is 20.8 Å². The molecular formula is C17H16N4O5. The molecule has 134 valence electrons. The Labute approximate surface area is 148 Å². The first-order valence-corrected chi connectivity index (χ1v) is 7.43. The molecule has 0 radical (unpaired) electrons. The van der Waals surface area contributed by atoms with Crippen LogP contribution < -0.4 is 10.6 Å². The Morgan fingerprint density at radius 3 is 2.08 bits per heavy atom. The van der Waals surface area contributed by atoms with E-state index in [2.05, 4.69) is 20.9 Å². The summed E-state index contributed by atoms with van der Waals surface area (Å²) < 4.78 is 0. The molecule has 0 aliphatic carbocycles. The predicted octanol–water partition coefficient (Wildman–Crippen LogP) is 3.42. The molecule has 0 atom stereocenters. The highest BCUT2D eigenvalue weighted by Crippen LogP contribution is 2.34. The molecule has 2 aromatic carbocycles. The van der Waals surface area contributed by atoms with Crippen LogP contribution in [0.25, 0.3) is 0 Å². The van der Waals surface area contributed by atoms with Crippen molar-refractivity contribution in [1.29, 1.82) is 0 Å². The number of nitrogens with zero attached hydrogens (tertiary/aromatic N) is 2. The zero-order valence-electron chi connectivity index (χ0n) is 14.0. The zero-order valence-corrected chi connectivity index (χ0v) is 14.0. The maximum Gasteiger partial charge on any atom is 0.339 e. The smallest absolute Gasteiger partial charge is 0.339 e. The molecule has 0 saturated heterocycles. The maximum absolute atomic E-state index is 11.3. The minimum atomic E-state index is -1.34. The molecule has 0 heterocycles. The van der Waals surface area contributed by atoms with Crippen LogP contribution in [0.5, 0.6) is 5.75 Å². The first kappa shape index (κ1) is 18.6. The third kappa shape index (κ3) is 4.87. The first-order chi connectivity index (χ1) is 12.3. The lowest BCUT2D eigenvalue weighted by Gasteiger charge is -2.08. The number of amides is 2. The fourth-order valence-corrected chi connectivity index (χ4v) is 2.05. The number of carboxylic acids is 1. The molecule has 0 fully saturated rings. The molecular weight excluding hydrogens is 340 g/mol. The second-order valence-electron chi connectivity index (χ2n) is 5.30. The van der Waals surface area contributed by atoms with Gasteiger partial charge in [0.25, 0.3) is 0 Å². The van der Waals surface area contributed by atoms with Crippen molar-refractivity contribution in [2.75, 3.05) is 10.6 Å². The summed E-state index contributed by atoms with van der Waals surface area (Å²) in [6.07, 6.45) is 0. The van der Waals surface area contributed by atoms with Gasteiger partial charge in [0.1, 0.15) is 17.0 Å². The van der Waals surface area contributed by atoms with Gasteiger partial charge in [-0.25, -0.2) is 4.79 Å². The lowest BCUT2D eigenvalue weighted by Crippen LogP contribution is -2.07. The van der Waals surface area contributed by atoms with Gasteiger partial charge in [0.2, 0.25) is 11.8 Å². The summed E-state index contributed by atoms with van der Waals surface area (Å²) in [6, 6.07) is 8.67. The van der Waals surface area contributed by atoms with Crippen LogP contribution in [-0.2, 0) is 9.59 Å². The Hall–Kier alpha value is -3.75. The first-order valence-electron chi connectivity index (χ1n) is 7.43. The largest absolute Gasteiger partial charge is 0.507 e. The van der Waals surface area contributed by atoms with Crippen molar-refractivity contribution < 1.29 is 24.6 Å². The molecule has 0 aromatic heterocycles. The summed E-state index contributed by atoms with van der Waals surface area (Å²) in [5.41, 5.74) is 0.861. The minimum absolute atomic E-state index is 0.0707. The van der Waals surface area contributed by atoms with Crippen molar-refractivity contribution in [3.8, 4) is 5.75 Å². The Morgan fingerprint density at radius 1 is 0.923 bits per heavy atom. The van der Waals surface area contributed by atoms with Crippen molar-refractivity contribution in [3.63, 3.8) is 0 Å². The van der Waals surface area contributed by atoms with E-state index in [-0.39, 0.29) is 22.8 Å². The van der Waals surface area contributed by atoms with Crippen molar-refractivity contribution >= 4 is 40.5 Å². The molecule has 26 heavy (non-hydrogen) atoms. The number of benzene rings is 2. The fourth-order valence-electron chi connectivity index (χ4n) is 2.05. The quantitative estimate of drug-likeness (QED) is 0.608. The Bertz CT molecular complexity index is 891. The second kappa shape index (κ2) is 7.88. The summed E-state index contributed by atoms with van der Waals surface area (Å²) in [5, 5.41) is 31.8. The number of nitrogens with one attached hydrogen (secondary N) is 2. The minimum Gasteiger partial charge on any atom is -0.507 e. The molecule has 0 spiro atoms. The average Bonchev–Trinajstić information content (AvgIpc) is 2.54. The molecule has 2 amide bonds. The van der Waals surface area contributed by atoms with Gasteiger partial charge in [0.15, 0.2) is 0 Å². The number of carbonyl (C=O) groups excluding carboxylic acids is 2. The number of hydrogen-bond acceptors (Lipinski definition) is 6. The van der Waals surface area contributed by atoms with E-state index in [1.54, 1.807) is 24.3 Å². The van der Waals surface area contributed by atoms with Crippen LogP contribution >= 0.6 is 0 Å². The molecule has 4 N–H and O–H groups in total. The van der Waals surface area contributed by atoms with Gasteiger partial charge in [-0.15, -0.1) is 5.11 Å². The molecule has 0 aliphatic heterocycles. The number of carbonyl (C=O) groups is 3. The van der Waals surface area contributed by atoms with Crippen LogP contribution in [0.1, 0.15) is 24.2 Å². The van der Waals surface area contributed by atoms with Gasteiger partial charge in [-0.05, 0) is 30.3 Å². The van der Waals surface area contributed by atoms with Crippen LogP contribution in [0.3, 0.4) is 0 Å². The number of carboxylic acid groups (broad SMARTS) is 1. The predicted molar refractivity (Wildman–Crippen MR) is 94.3 cm³/mol. The third-order valence-electron chi connectivity index (χ3n) is 3.12. The monoisotopic (exact) mass is 356 g/mol. The summed E-state index contributed by atoms with van der Waals surface area (Å²) in [4.78, 5) is 33.4. The molecule has 0 unspecified atom stereocenters. The van der Waals surface area contributed by atoms with Gasteiger partial charge in [-0.3, -0.25) is 9.59 Å². The van der Waals surface area contributed by atoms with E-state index in [4.69, 9.17) is 5.11 Å². The van der Waals surface area contributed by atoms with Crippen molar-refractivity contribution in [1.82, 2.24) is 0 Å². The average molecular weight is 356 g/mol. The van der Waals surface area contributed by atoms with Crippen LogP contribution in [0.4, 0.5) is 22.7 Å². The van der Waals surface area contributed by atoms with E-state index in [9.17, 15) is 19.5 Å². The van der Waals surface area contributed by atoms with E-state index >= 15 is 0 Å². The van der Waals surface area contributed by atoms with E-state index in [0.29, 0.717) is 11.4 Å². The molecule has 9 nitrogen and oxygen atoms in total. The van der Waals surface area contributed by atoms with Gasteiger partial charge in [-0.1, -0.05) is 0 Å². The Morgan fingerprint density at radius 2 is 1.54 bits per heavy atom. The number of rotatable bonds is 5. The van der Waals surface area contributed by atoms with E-state index in [1.165, 1.54) is 13.8 Å². The van der Waals surface area contributed by atoms with Gasteiger partial charge in [-0.2, -0.15) is 5.11 Å². The summed E-state index contributed by atoms with van der Waals surface area (Å²) in [7, 11) is 0. The van der Waals surface area contributed by atoms with Crippen molar-refractivity contribution in [3.05, 3.63) is 42.0 Å². The third-order valence-corrected chi connectivity index (χ3v) is 3.12. The fraction of sp³-hybridized carbons (Fsp3) is 0.118. The van der Waals surface area contributed by atoms with Gasteiger partial charge in [0, 0.05) is 25.6 Å². The number of azo groups is 1. The number of anilines is 2. The van der Waals surface area contributed by atoms with Crippen LogP contribution in [-0.4, -0.2) is 28.0 Å². The summed E-state index contributed by atoms with van der Waals surface area (Å²) in [6.45, 7) is 2.66. The van der Waals surface area contributed by atoms with E-state index in [1.807, 2.05) is 0 Å².